The number of nitrogens with one attached hydrogen (secondary N) is 2. The minimum absolute atomic E-state index is 0.0967. The second-order valence-corrected chi connectivity index (χ2v) is 5.02. The Hall–Kier alpha value is -1.46. The van der Waals surface area contributed by atoms with E-state index in [0.29, 0.717) is 12.1 Å². The fourth-order valence-corrected chi connectivity index (χ4v) is 1.95. The van der Waals surface area contributed by atoms with E-state index in [1.54, 1.807) is 0 Å². The summed E-state index contributed by atoms with van der Waals surface area (Å²) in [5.74, 6) is -0.447. The average molecular weight is 318 g/mol. The fraction of sp³-hybridized carbons (Fsp3) is 0.385. The van der Waals surface area contributed by atoms with E-state index in [9.17, 15) is 9.59 Å². The van der Waals surface area contributed by atoms with Gasteiger partial charge in [-0.05, 0) is 18.6 Å². The van der Waals surface area contributed by atoms with Crippen LogP contribution in [0.3, 0.4) is 0 Å². The topological polar surface area (TPSA) is 84.2 Å². The van der Waals surface area contributed by atoms with Crippen molar-refractivity contribution in [1.29, 1.82) is 0 Å². The van der Waals surface area contributed by atoms with Crippen LogP contribution in [0.2, 0.25) is 10.0 Å². The third-order valence-electron chi connectivity index (χ3n) is 2.55. The number of halogens is 2. The summed E-state index contributed by atoms with van der Waals surface area (Å²) >= 11 is 11.7. The number of rotatable bonds is 6. The van der Waals surface area contributed by atoms with Crippen molar-refractivity contribution in [2.45, 2.75) is 19.8 Å². The lowest BCUT2D eigenvalue weighted by Crippen LogP contribution is -2.31. The second kappa shape index (κ2) is 7.97. The highest BCUT2D eigenvalue weighted by Crippen LogP contribution is 2.28. The van der Waals surface area contributed by atoms with Gasteiger partial charge in [0.25, 0.3) is 5.91 Å². The van der Waals surface area contributed by atoms with Gasteiger partial charge in [-0.2, -0.15) is 0 Å². The lowest BCUT2D eigenvalue weighted by atomic mass is 10.2. The van der Waals surface area contributed by atoms with Crippen LogP contribution in [0.4, 0.5) is 5.69 Å². The van der Waals surface area contributed by atoms with E-state index in [2.05, 4.69) is 10.6 Å². The highest BCUT2D eigenvalue weighted by Gasteiger charge is 2.11. The van der Waals surface area contributed by atoms with Crippen molar-refractivity contribution in [2.75, 3.05) is 18.8 Å². The summed E-state index contributed by atoms with van der Waals surface area (Å²) in [6.45, 7) is 2.85. The maximum atomic E-state index is 11.9. The number of benzene rings is 1. The normalized spacial score (nSPS) is 10.2. The molecule has 0 fully saturated rings. The number of nitrogens with two attached hydrogens (primary N) is 1. The molecule has 0 spiro atoms. The minimum atomic E-state index is -0.350. The van der Waals surface area contributed by atoms with Crippen LogP contribution in [-0.4, -0.2) is 24.9 Å². The van der Waals surface area contributed by atoms with Gasteiger partial charge in [-0.25, -0.2) is 0 Å². The molecular weight excluding hydrogens is 301 g/mol. The summed E-state index contributed by atoms with van der Waals surface area (Å²) in [7, 11) is 0. The number of carbonyl (C=O) groups is 2. The Bertz CT molecular complexity index is 483. The number of hydrogen-bond donors (Lipinski definition) is 3. The van der Waals surface area contributed by atoms with E-state index in [1.165, 1.54) is 12.1 Å². The van der Waals surface area contributed by atoms with Gasteiger partial charge < -0.3 is 16.4 Å². The van der Waals surface area contributed by atoms with Gasteiger partial charge in [0.05, 0.1) is 15.7 Å². The van der Waals surface area contributed by atoms with Crippen LogP contribution >= 0.6 is 23.2 Å². The Morgan fingerprint density at radius 3 is 2.30 bits per heavy atom. The van der Waals surface area contributed by atoms with Crippen molar-refractivity contribution in [1.82, 2.24) is 10.6 Å². The molecule has 1 aromatic carbocycles. The van der Waals surface area contributed by atoms with Gasteiger partial charge in [0.1, 0.15) is 0 Å². The van der Waals surface area contributed by atoms with E-state index in [1.807, 2.05) is 6.92 Å². The van der Waals surface area contributed by atoms with Crippen LogP contribution < -0.4 is 16.4 Å². The van der Waals surface area contributed by atoms with Crippen molar-refractivity contribution in [3.8, 4) is 0 Å². The molecule has 20 heavy (non-hydrogen) atoms. The smallest absolute Gasteiger partial charge is 0.251 e. The summed E-state index contributed by atoms with van der Waals surface area (Å²) in [5, 5.41) is 5.80. The Kier molecular flexibility index (Phi) is 6.61. The average Bonchev–Trinajstić information content (AvgIpc) is 2.41. The van der Waals surface area contributed by atoms with E-state index in [4.69, 9.17) is 28.9 Å². The molecule has 5 nitrogen and oxygen atoms in total. The zero-order chi connectivity index (χ0) is 15.1. The van der Waals surface area contributed by atoms with E-state index in [-0.39, 0.29) is 40.5 Å². The molecule has 0 saturated carbocycles. The highest BCUT2D eigenvalue weighted by atomic mass is 35.5. The highest BCUT2D eigenvalue weighted by molar-refractivity contribution is 6.39. The summed E-state index contributed by atoms with van der Waals surface area (Å²) in [6, 6.07) is 2.88. The largest absolute Gasteiger partial charge is 0.396 e. The van der Waals surface area contributed by atoms with Crippen LogP contribution in [0.15, 0.2) is 12.1 Å². The lowest BCUT2D eigenvalue weighted by Gasteiger charge is -2.08. The Morgan fingerprint density at radius 1 is 1.15 bits per heavy atom. The fourth-order valence-electron chi connectivity index (χ4n) is 1.46. The third kappa shape index (κ3) is 4.90. The lowest BCUT2D eigenvalue weighted by molar-refractivity contribution is -0.120. The standard InChI is InChI=1S/C13H17Cl2N3O2/c1-2-4-17-11(19)3-5-18-13(20)8-6-9(14)12(16)10(15)7-8/h6-7H,2-5,16H2,1H3,(H,17,19)(H,18,20). The van der Waals surface area contributed by atoms with Gasteiger partial charge in [0.15, 0.2) is 0 Å². The molecule has 2 amide bonds. The number of amides is 2. The maximum absolute atomic E-state index is 11.9. The van der Waals surface area contributed by atoms with Crippen molar-refractivity contribution in [3.05, 3.63) is 27.7 Å². The summed E-state index contributed by atoms with van der Waals surface area (Å²) in [6.07, 6.45) is 1.10. The maximum Gasteiger partial charge on any atom is 0.251 e. The molecule has 1 rings (SSSR count). The zero-order valence-electron chi connectivity index (χ0n) is 11.1. The molecule has 0 radical (unpaired) electrons. The van der Waals surface area contributed by atoms with E-state index < -0.39 is 0 Å². The molecule has 0 aliphatic heterocycles. The first-order valence-electron chi connectivity index (χ1n) is 6.25. The molecule has 0 bridgehead atoms. The second-order valence-electron chi connectivity index (χ2n) is 4.21. The predicted octanol–water partition coefficient (Wildman–Crippen LogP) is 2.22. The number of anilines is 1. The number of hydrogen-bond acceptors (Lipinski definition) is 3. The molecule has 0 aliphatic carbocycles. The third-order valence-corrected chi connectivity index (χ3v) is 3.18. The summed E-state index contributed by atoms with van der Waals surface area (Å²) in [4.78, 5) is 23.2. The zero-order valence-corrected chi connectivity index (χ0v) is 12.6. The van der Waals surface area contributed by atoms with Crippen LogP contribution in [0, 0.1) is 0 Å². The first kappa shape index (κ1) is 16.6. The van der Waals surface area contributed by atoms with E-state index in [0.717, 1.165) is 6.42 Å². The SMILES string of the molecule is CCCNC(=O)CCNC(=O)c1cc(Cl)c(N)c(Cl)c1. The monoisotopic (exact) mass is 317 g/mol. The summed E-state index contributed by atoms with van der Waals surface area (Å²) < 4.78 is 0. The van der Waals surface area contributed by atoms with Crippen LogP contribution in [0.1, 0.15) is 30.1 Å². The van der Waals surface area contributed by atoms with E-state index >= 15 is 0 Å². The molecular formula is C13H17Cl2N3O2. The van der Waals surface area contributed by atoms with Gasteiger partial charge in [-0.3, -0.25) is 9.59 Å². The van der Waals surface area contributed by atoms with Crippen molar-refractivity contribution >= 4 is 40.7 Å². The molecule has 0 aliphatic rings. The Balaban J connectivity index is 2.49. The molecule has 7 heteroatoms. The molecule has 4 N–H and O–H groups in total. The minimum Gasteiger partial charge on any atom is -0.396 e. The van der Waals surface area contributed by atoms with Gasteiger partial charge >= 0.3 is 0 Å². The quantitative estimate of drug-likeness (QED) is 0.703. The molecule has 1 aromatic rings. The van der Waals surface area contributed by atoms with Crippen molar-refractivity contribution in [3.63, 3.8) is 0 Å². The molecule has 110 valence electrons. The van der Waals surface area contributed by atoms with Crippen LogP contribution in [0.25, 0.3) is 0 Å². The molecule has 0 saturated heterocycles. The molecule has 0 atom stereocenters. The van der Waals surface area contributed by atoms with Crippen LogP contribution in [0.5, 0.6) is 0 Å². The van der Waals surface area contributed by atoms with Gasteiger partial charge in [0.2, 0.25) is 5.91 Å². The number of nitrogen functional groups attached to an aromatic ring is 1. The number of carbonyl (C=O) groups excluding carboxylic acids is 2. The van der Waals surface area contributed by atoms with Crippen molar-refractivity contribution < 1.29 is 9.59 Å². The Morgan fingerprint density at radius 2 is 1.75 bits per heavy atom. The van der Waals surface area contributed by atoms with Gasteiger partial charge in [0, 0.05) is 25.1 Å². The first-order chi connectivity index (χ1) is 9.45. The Labute approximate surface area is 127 Å². The van der Waals surface area contributed by atoms with Gasteiger partial charge in [-0.1, -0.05) is 30.1 Å². The van der Waals surface area contributed by atoms with Crippen molar-refractivity contribution in [2.24, 2.45) is 0 Å². The summed E-state index contributed by atoms with van der Waals surface area (Å²) in [5.41, 5.74) is 6.14. The first-order valence-corrected chi connectivity index (χ1v) is 7.00. The molecule has 0 unspecified atom stereocenters. The molecule has 0 aromatic heterocycles. The molecule has 0 heterocycles. The van der Waals surface area contributed by atoms with Gasteiger partial charge in [-0.15, -0.1) is 0 Å². The van der Waals surface area contributed by atoms with Crippen LogP contribution in [-0.2, 0) is 4.79 Å². The predicted molar refractivity (Wildman–Crippen MR) is 81.1 cm³/mol.